The number of hydrogen-bond donors (Lipinski definition) is 0. The van der Waals surface area contributed by atoms with Crippen LogP contribution in [0, 0.1) is 0 Å². The molecule has 0 N–H and O–H groups in total. The van der Waals surface area contributed by atoms with Gasteiger partial charge in [0.15, 0.2) is 5.69 Å². The van der Waals surface area contributed by atoms with Crippen molar-refractivity contribution in [2.75, 3.05) is 38.2 Å². The maximum absolute atomic E-state index is 12.6. The highest BCUT2D eigenvalue weighted by Gasteiger charge is 2.31. The number of carbonyl (C=O) groups is 1. The maximum Gasteiger partial charge on any atom is 0.417 e. The molecule has 3 heterocycles. The molecule has 26 heavy (non-hydrogen) atoms. The first kappa shape index (κ1) is 17.9. The van der Waals surface area contributed by atoms with Crippen molar-refractivity contribution in [1.29, 1.82) is 0 Å². The fraction of sp³-hybridized carbons (Fsp3) is 0.375. The second-order valence-electron chi connectivity index (χ2n) is 5.64. The van der Waals surface area contributed by atoms with Gasteiger partial charge in [-0.15, -0.1) is 10.2 Å². The van der Waals surface area contributed by atoms with E-state index in [2.05, 4.69) is 15.2 Å². The van der Waals surface area contributed by atoms with Gasteiger partial charge in [0, 0.05) is 38.4 Å². The van der Waals surface area contributed by atoms with E-state index >= 15 is 0 Å². The van der Waals surface area contributed by atoms with E-state index in [4.69, 9.17) is 4.74 Å². The van der Waals surface area contributed by atoms with Gasteiger partial charge in [0.2, 0.25) is 5.88 Å². The number of pyridine rings is 1. The van der Waals surface area contributed by atoms with Crippen molar-refractivity contribution in [2.24, 2.45) is 0 Å². The van der Waals surface area contributed by atoms with Gasteiger partial charge in [-0.25, -0.2) is 4.98 Å². The Hall–Kier alpha value is -2.91. The number of nitrogens with zero attached hydrogens (tertiary/aromatic N) is 5. The number of amides is 1. The average molecular weight is 367 g/mol. The van der Waals surface area contributed by atoms with Crippen LogP contribution in [0.1, 0.15) is 16.1 Å². The van der Waals surface area contributed by atoms with E-state index < -0.39 is 11.7 Å². The fourth-order valence-corrected chi connectivity index (χ4v) is 2.58. The van der Waals surface area contributed by atoms with Crippen LogP contribution >= 0.6 is 0 Å². The number of methoxy groups -OCH3 is 1. The van der Waals surface area contributed by atoms with Gasteiger partial charge in [-0.3, -0.25) is 4.79 Å². The molecule has 7 nitrogen and oxygen atoms in total. The van der Waals surface area contributed by atoms with Crippen LogP contribution in [0.3, 0.4) is 0 Å². The lowest BCUT2D eigenvalue weighted by atomic mass is 10.2. The van der Waals surface area contributed by atoms with Crippen LogP contribution in [0.4, 0.5) is 19.0 Å². The molecule has 1 aliphatic heterocycles. The molecule has 1 amide bonds. The molecule has 0 aliphatic carbocycles. The summed E-state index contributed by atoms with van der Waals surface area (Å²) in [5.41, 5.74) is -0.569. The predicted molar refractivity (Wildman–Crippen MR) is 85.9 cm³/mol. The molecule has 0 saturated carbocycles. The quantitative estimate of drug-likeness (QED) is 0.825. The van der Waals surface area contributed by atoms with Crippen molar-refractivity contribution in [2.45, 2.75) is 6.18 Å². The molecule has 2 aromatic rings. The fourth-order valence-electron chi connectivity index (χ4n) is 2.58. The van der Waals surface area contributed by atoms with Crippen LogP contribution in [-0.4, -0.2) is 59.3 Å². The van der Waals surface area contributed by atoms with Gasteiger partial charge in [0.25, 0.3) is 5.91 Å². The molecule has 1 aliphatic rings. The highest BCUT2D eigenvalue weighted by atomic mass is 19.4. The lowest BCUT2D eigenvalue weighted by Gasteiger charge is -2.35. The van der Waals surface area contributed by atoms with Crippen LogP contribution in [0.2, 0.25) is 0 Å². The summed E-state index contributed by atoms with van der Waals surface area (Å²) in [5, 5.41) is 7.61. The van der Waals surface area contributed by atoms with Gasteiger partial charge in [-0.1, -0.05) is 0 Å². The van der Waals surface area contributed by atoms with Gasteiger partial charge < -0.3 is 14.5 Å². The van der Waals surface area contributed by atoms with E-state index in [0.29, 0.717) is 37.9 Å². The number of ether oxygens (including phenoxy) is 1. The first-order valence-corrected chi connectivity index (χ1v) is 7.83. The van der Waals surface area contributed by atoms with E-state index in [9.17, 15) is 18.0 Å². The van der Waals surface area contributed by atoms with E-state index in [0.717, 1.165) is 12.3 Å². The van der Waals surface area contributed by atoms with Crippen LogP contribution < -0.4 is 9.64 Å². The maximum atomic E-state index is 12.6. The summed E-state index contributed by atoms with van der Waals surface area (Å²) in [6.07, 6.45) is -3.59. The molecule has 0 unspecified atom stereocenters. The standard InChI is InChI=1S/C16H16F3N5O2/c1-26-14-5-3-12(21-22-14)15(25)24-8-6-23(7-9-24)13-4-2-11(10-20-13)16(17,18)19/h2-5,10H,6-9H2,1H3. The van der Waals surface area contributed by atoms with Crippen LogP contribution in [0.15, 0.2) is 30.5 Å². The molecule has 3 rings (SSSR count). The third-order valence-electron chi connectivity index (χ3n) is 4.03. The Bertz CT molecular complexity index is 757. The summed E-state index contributed by atoms with van der Waals surface area (Å²) in [6.45, 7) is 1.76. The van der Waals surface area contributed by atoms with E-state index in [1.165, 1.54) is 19.2 Å². The Morgan fingerprint density at radius 1 is 1.08 bits per heavy atom. The minimum Gasteiger partial charge on any atom is -0.480 e. The molecule has 1 saturated heterocycles. The molecule has 10 heteroatoms. The Labute approximate surface area is 147 Å². The number of carbonyl (C=O) groups excluding carboxylic acids is 1. The van der Waals surface area contributed by atoms with Crippen molar-refractivity contribution < 1.29 is 22.7 Å². The molecule has 1 fully saturated rings. The number of piperazine rings is 1. The average Bonchev–Trinajstić information content (AvgIpc) is 2.67. The van der Waals surface area contributed by atoms with Crippen LogP contribution in [-0.2, 0) is 6.18 Å². The van der Waals surface area contributed by atoms with Crippen molar-refractivity contribution in [3.05, 3.63) is 41.7 Å². The van der Waals surface area contributed by atoms with E-state index in [1.54, 1.807) is 11.0 Å². The number of anilines is 1. The molecular weight excluding hydrogens is 351 g/mol. The smallest absolute Gasteiger partial charge is 0.417 e. The second-order valence-corrected chi connectivity index (χ2v) is 5.64. The Balaban J connectivity index is 1.60. The van der Waals surface area contributed by atoms with Crippen molar-refractivity contribution in [3.63, 3.8) is 0 Å². The normalized spacial score (nSPS) is 15.1. The molecule has 138 valence electrons. The highest BCUT2D eigenvalue weighted by molar-refractivity contribution is 5.92. The lowest BCUT2D eigenvalue weighted by Crippen LogP contribution is -2.49. The van der Waals surface area contributed by atoms with Crippen molar-refractivity contribution in [3.8, 4) is 5.88 Å². The number of halogens is 3. The van der Waals surface area contributed by atoms with Gasteiger partial charge in [0.1, 0.15) is 5.82 Å². The molecule has 0 spiro atoms. The zero-order valence-electron chi connectivity index (χ0n) is 13.9. The lowest BCUT2D eigenvalue weighted by molar-refractivity contribution is -0.137. The van der Waals surface area contributed by atoms with Gasteiger partial charge >= 0.3 is 6.18 Å². The molecule has 0 radical (unpaired) electrons. The highest BCUT2D eigenvalue weighted by Crippen LogP contribution is 2.29. The van der Waals surface area contributed by atoms with E-state index in [1.807, 2.05) is 4.90 Å². The minimum absolute atomic E-state index is 0.215. The zero-order valence-corrected chi connectivity index (χ0v) is 13.9. The monoisotopic (exact) mass is 367 g/mol. The summed E-state index contributed by atoms with van der Waals surface area (Å²) in [5.74, 6) is 0.522. The summed E-state index contributed by atoms with van der Waals surface area (Å²) in [7, 11) is 1.46. The molecule has 0 atom stereocenters. The Morgan fingerprint density at radius 2 is 1.81 bits per heavy atom. The first-order chi connectivity index (χ1) is 12.4. The first-order valence-electron chi connectivity index (χ1n) is 7.83. The number of rotatable bonds is 3. The largest absolute Gasteiger partial charge is 0.480 e. The van der Waals surface area contributed by atoms with Crippen LogP contribution in [0.5, 0.6) is 5.88 Å². The Morgan fingerprint density at radius 3 is 2.31 bits per heavy atom. The number of alkyl halides is 3. The topological polar surface area (TPSA) is 71.5 Å². The number of aromatic nitrogens is 3. The molecule has 0 bridgehead atoms. The van der Waals surface area contributed by atoms with E-state index in [-0.39, 0.29) is 11.6 Å². The third kappa shape index (κ3) is 3.84. The molecular formula is C16H16F3N5O2. The Kier molecular flexibility index (Phi) is 4.92. The number of hydrogen-bond acceptors (Lipinski definition) is 6. The summed E-state index contributed by atoms with van der Waals surface area (Å²) >= 11 is 0. The second kappa shape index (κ2) is 7.14. The van der Waals surface area contributed by atoms with Gasteiger partial charge in [0.05, 0.1) is 12.7 Å². The third-order valence-corrected chi connectivity index (χ3v) is 4.03. The SMILES string of the molecule is COc1ccc(C(=O)N2CCN(c3ccc(C(F)(F)F)cn3)CC2)nn1. The summed E-state index contributed by atoms with van der Waals surface area (Å²) < 4.78 is 42.7. The van der Waals surface area contributed by atoms with Gasteiger partial charge in [-0.05, 0) is 18.2 Å². The zero-order chi connectivity index (χ0) is 18.7. The summed E-state index contributed by atoms with van der Waals surface area (Å²) in [6, 6.07) is 5.45. The molecule has 2 aromatic heterocycles. The minimum atomic E-state index is -4.41. The van der Waals surface area contributed by atoms with Gasteiger partial charge in [-0.2, -0.15) is 13.2 Å². The van der Waals surface area contributed by atoms with Crippen molar-refractivity contribution in [1.82, 2.24) is 20.1 Å². The molecule has 0 aromatic carbocycles. The van der Waals surface area contributed by atoms with Crippen LogP contribution in [0.25, 0.3) is 0 Å². The predicted octanol–water partition coefficient (Wildman–Crippen LogP) is 1.86. The summed E-state index contributed by atoms with van der Waals surface area (Å²) in [4.78, 5) is 19.8. The van der Waals surface area contributed by atoms with Crippen molar-refractivity contribution >= 4 is 11.7 Å².